The van der Waals surface area contributed by atoms with Gasteiger partial charge in [-0.25, -0.2) is 9.97 Å². The maximum atomic E-state index is 9.91. The highest BCUT2D eigenvalue weighted by molar-refractivity contribution is 5.91. The van der Waals surface area contributed by atoms with Gasteiger partial charge in [-0.3, -0.25) is 0 Å². The Hall–Kier alpha value is -3.50. The molecule has 0 spiro atoms. The zero-order chi connectivity index (χ0) is 23.2. The Bertz CT molecular complexity index is 1100. The van der Waals surface area contributed by atoms with Crippen LogP contribution in [0.3, 0.4) is 0 Å². The summed E-state index contributed by atoms with van der Waals surface area (Å²) < 4.78 is 10.9. The first-order valence-corrected chi connectivity index (χ1v) is 11.0. The van der Waals surface area contributed by atoms with Crippen LogP contribution in [-0.2, 0) is 6.54 Å². The molecule has 10 heteroatoms. The van der Waals surface area contributed by atoms with Crippen LogP contribution in [0, 0.1) is 12.3 Å². The Kier molecular flexibility index (Phi) is 7.16. The maximum absolute atomic E-state index is 9.91. The van der Waals surface area contributed by atoms with Crippen LogP contribution in [0.4, 0.5) is 11.6 Å². The lowest BCUT2D eigenvalue weighted by Crippen LogP contribution is -2.29. The molecule has 1 saturated carbocycles. The van der Waals surface area contributed by atoms with Crippen LogP contribution < -0.4 is 20.7 Å². The van der Waals surface area contributed by atoms with Crippen LogP contribution >= 0.6 is 0 Å². The maximum Gasteiger partial charge on any atom is 0.164 e. The van der Waals surface area contributed by atoms with Gasteiger partial charge in [-0.05, 0) is 38.9 Å². The van der Waals surface area contributed by atoms with Crippen molar-refractivity contribution in [2.45, 2.75) is 38.5 Å². The van der Waals surface area contributed by atoms with E-state index in [9.17, 15) is 5.11 Å². The second-order valence-corrected chi connectivity index (χ2v) is 8.05. The summed E-state index contributed by atoms with van der Waals surface area (Å²) in [5.74, 6) is 3.01. The molecule has 0 saturated heterocycles. The van der Waals surface area contributed by atoms with Gasteiger partial charge < -0.3 is 35.7 Å². The van der Waals surface area contributed by atoms with E-state index in [4.69, 9.17) is 24.6 Å². The molecule has 0 bridgehead atoms. The standard InChI is InChI=1S/C23H29N7O3/c1-14-8-17(30-33-14)11-26-22-20(10-24)23(27-16-6-7-16)29-21(28-22)15-4-3-5-19(9-15)32-13-18(31)12-25-2/h3-5,8-10,16,18,24-25,31H,6-7,11-13H2,1-2H3,(H2,26,27,28,29). The lowest BCUT2D eigenvalue weighted by molar-refractivity contribution is 0.108. The third kappa shape index (κ3) is 6.05. The lowest BCUT2D eigenvalue weighted by Gasteiger charge is -2.15. The molecule has 3 aromatic rings. The summed E-state index contributed by atoms with van der Waals surface area (Å²) in [6.45, 7) is 2.87. The van der Waals surface area contributed by atoms with E-state index in [1.807, 2.05) is 37.3 Å². The second-order valence-electron chi connectivity index (χ2n) is 8.05. The molecule has 1 unspecified atom stereocenters. The molecule has 1 fully saturated rings. The van der Waals surface area contributed by atoms with Crippen molar-refractivity contribution >= 4 is 17.9 Å². The van der Waals surface area contributed by atoms with Crippen molar-refractivity contribution in [3.8, 4) is 17.1 Å². The first kappa shape index (κ1) is 22.7. The Balaban J connectivity index is 1.61. The smallest absolute Gasteiger partial charge is 0.164 e. The van der Waals surface area contributed by atoms with Crippen molar-refractivity contribution in [1.82, 2.24) is 20.4 Å². The molecule has 33 heavy (non-hydrogen) atoms. The number of benzene rings is 1. The molecule has 0 amide bonds. The average Bonchev–Trinajstić information content (AvgIpc) is 3.54. The van der Waals surface area contributed by atoms with E-state index >= 15 is 0 Å². The van der Waals surface area contributed by atoms with Crippen molar-refractivity contribution in [3.05, 3.63) is 47.3 Å². The van der Waals surface area contributed by atoms with Gasteiger partial charge in [-0.2, -0.15) is 0 Å². The topological polar surface area (TPSA) is 141 Å². The van der Waals surface area contributed by atoms with Crippen LogP contribution in [0.25, 0.3) is 11.4 Å². The number of ether oxygens (including phenoxy) is 1. The highest BCUT2D eigenvalue weighted by atomic mass is 16.5. The van der Waals surface area contributed by atoms with Crippen molar-refractivity contribution < 1.29 is 14.4 Å². The Morgan fingerprint density at radius 1 is 1.27 bits per heavy atom. The minimum absolute atomic E-state index is 0.177. The number of nitrogens with one attached hydrogen (secondary N) is 4. The first-order chi connectivity index (χ1) is 16.1. The molecule has 1 aliphatic carbocycles. The van der Waals surface area contributed by atoms with Gasteiger partial charge in [0.05, 0.1) is 12.1 Å². The molecular formula is C23H29N7O3. The lowest BCUT2D eigenvalue weighted by atomic mass is 10.2. The first-order valence-electron chi connectivity index (χ1n) is 11.0. The van der Waals surface area contributed by atoms with E-state index < -0.39 is 6.10 Å². The van der Waals surface area contributed by atoms with Crippen LogP contribution in [0.2, 0.25) is 0 Å². The quantitative estimate of drug-likeness (QED) is 0.263. The van der Waals surface area contributed by atoms with Crippen molar-refractivity contribution in [3.63, 3.8) is 0 Å². The van der Waals surface area contributed by atoms with Gasteiger partial charge in [0.25, 0.3) is 0 Å². The van der Waals surface area contributed by atoms with Crippen LogP contribution in [0.5, 0.6) is 5.75 Å². The molecule has 2 aromatic heterocycles. The Morgan fingerprint density at radius 2 is 2.09 bits per heavy atom. The number of aromatic nitrogens is 3. The van der Waals surface area contributed by atoms with E-state index in [-0.39, 0.29) is 6.61 Å². The Labute approximate surface area is 192 Å². The molecule has 4 rings (SSSR count). The molecule has 1 atom stereocenters. The van der Waals surface area contributed by atoms with Gasteiger partial charge in [0.2, 0.25) is 0 Å². The third-order valence-electron chi connectivity index (χ3n) is 5.10. The van der Waals surface area contributed by atoms with Gasteiger partial charge in [-0.15, -0.1) is 0 Å². The molecule has 174 valence electrons. The molecule has 0 radical (unpaired) electrons. The molecule has 5 N–H and O–H groups in total. The number of anilines is 2. The summed E-state index contributed by atoms with van der Waals surface area (Å²) in [6, 6.07) is 9.66. The monoisotopic (exact) mass is 451 g/mol. The summed E-state index contributed by atoms with van der Waals surface area (Å²) in [6.07, 6.45) is 2.81. The van der Waals surface area contributed by atoms with Crippen molar-refractivity contribution in [2.24, 2.45) is 0 Å². The number of aliphatic hydroxyl groups excluding tert-OH is 1. The zero-order valence-electron chi connectivity index (χ0n) is 18.8. The number of rotatable bonds is 12. The fourth-order valence-electron chi connectivity index (χ4n) is 3.29. The van der Waals surface area contributed by atoms with Gasteiger partial charge in [-0.1, -0.05) is 17.3 Å². The van der Waals surface area contributed by atoms with E-state index in [1.165, 1.54) is 6.21 Å². The summed E-state index contributed by atoms with van der Waals surface area (Å²) in [5, 5.41) is 31.5. The normalized spacial score (nSPS) is 14.0. The van der Waals surface area contributed by atoms with Gasteiger partial charge in [0.1, 0.15) is 41.6 Å². The average molecular weight is 452 g/mol. The number of aryl methyl sites for hydroxylation is 1. The second kappa shape index (κ2) is 10.4. The number of hydrogen-bond donors (Lipinski definition) is 5. The minimum Gasteiger partial charge on any atom is -0.491 e. The Morgan fingerprint density at radius 3 is 2.79 bits per heavy atom. The largest absolute Gasteiger partial charge is 0.491 e. The zero-order valence-corrected chi connectivity index (χ0v) is 18.8. The third-order valence-corrected chi connectivity index (χ3v) is 5.10. The summed E-state index contributed by atoms with van der Waals surface area (Å²) >= 11 is 0. The van der Waals surface area contributed by atoms with Crippen LogP contribution in [0.15, 0.2) is 34.9 Å². The molecule has 1 aromatic carbocycles. The summed E-state index contributed by atoms with van der Waals surface area (Å²) in [7, 11) is 1.78. The van der Waals surface area contributed by atoms with Gasteiger partial charge >= 0.3 is 0 Å². The minimum atomic E-state index is -0.605. The van der Waals surface area contributed by atoms with Crippen LogP contribution in [-0.4, -0.2) is 58.8 Å². The van der Waals surface area contributed by atoms with E-state index in [2.05, 4.69) is 21.1 Å². The predicted molar refractivity (Wildman–Crippen MR) is 126 cm³/mol. The fourth-order valence-corrected chi connectivity index (χ4v) is 3.29. The number of likely N-dealkylation sites (N-methyl/N-ethyl adjacent to an activating group) is 1. The van der Waals surface area contributed by atoms with Gasteiger partial charge in [0, 0.05) is 30.4 Å². The van der Waals surface area contributed by atoms with E-state index in [1.54, 1.807) is 7.05 Å². The van der Waals surface area contributed by atoms with E-state index in [0.717, 1.165) is 29.9 Å². The highest BCUT2D eigenvalue weighted by Crippen LogP contribution is 2.31. The molecule has 0 aliphatic heterocycles. The van der Waals surface area contributed by atoms with Crippen molar-refractivity contribution in [1.29, 1.82) is 5.41 Å². The number of aliphatic hydroxyl groups is 1. The predicted octanol–water partition coefficient (Wildman–Crippen LogP) is 2.58. The molecular weight excluding hydrogens is 422 g/mol. The number of hydrogen-bond acceptors (Lipinski definition) is 10. The van der Waals surface area contributed by atoms with Gasteiger partial charge in [0.15, 0.2) is 5.82 Å². The molecule has 10 nitrogen and oxygen atoms in total. The van der Waals surface area contributed by atoms with E-state index in [0.29, 0.717) is 47.9 Å². The molecule has 1 aliphatic rings. The SMILES string of the molecule is CNCC(O)COc1cccc(-c2nc(NCc3cc(C)on3)c(C=N)c(NC3CC3)n2)c1. The highest BCUT2D eigenvalue weighted by Gasteiger charge is 2.24. The fraction of sp³-hybridized carbons (Fsp3) is 0.391. The summed E-state index contributed by atoms with van der Waals surface area (Å²) in [5.41, 5.74) is 2.11. The van der Waals surface area contributed by atoms with Crippen molar-refractivity contribution in [2.75, 3.05) is 30.8 Å². The summed E-state index contributed by atoms with van der Waals surface area (Å²) in [4.78, 5) is 9.42. The number of nitrogens with zero attached hydrogens (tertiary/aromatic N) is 3. The van der Waals surface area contributed by atoms with Crippen LogP contribution in [0.1, 0.15) is 29.9 Å². The molecule has 2 heterocycles.